The van der Waals surface area contributed by atoms with Crippen LogP contribution in [0.4, 0.5) is 5.82 Å². The van der Waals surface area contributed by atoms with E-state index in [-0.39, 0.29) is 29.9 Å². The number of carbonyl (C=O) groups is 1. The van der Waals surface area contributed by atoms with Crippen molar-refractivity contribution in [1.29, 1.82) is 0 Å². The number of aromatic nitrogens is 2. The van der Waals surface area contributed by atoms with Crippen LogP contribution in [0.3, 0.4) is 0 Å². The Bertz CT molecular complexity index is 1250. The maximum atomic E-state index is 13.3. The van der Waals surface area contributed by atoms with E-state index in [1.54, 1.807) is 24.3 Å². The highest BCUT2D eigenvalue weighted by molar-refractivity contribution is 6.35. The molecule has 1 unspecified atom stereocenters. The fourth-order valence-electron chi connectivity index (χ4n) is 5.15. The second kappa shape index (κ2) is 10.9. The van der Waals surface area contributed by atoms with Crippen LogP contribution < -0.4 is 10.5 Å². The van der Waals surface area contributed by atoms with Crippen molar-refractivity contribution >= 4 is 34.9 Å². The van der Waals surface area contributed by atoms with E-state index in [1.165, 1.54) is 6.20 Å². The fourth-order valence-corrected chi connectivity index (χ4v) is 5.66. The lowest BCUT2D eigenvalue weighted by molar-refractivity contribution is 0.0489. The number of hydrogen-bond acceptors (Lipinski definition) is 7. The van der Waals surface area contributed by atoms with Crippen LogP contribution in [0.1, 0.15) is 53.1 Å². The van der Waals surface area contributed by atoms with Crippen LogP contribution in [-0.4, -0.2) is 46.7 Å². The molecule has 5 rings (SSSR count). The van der Waals surface area contributed by atoms with Crippen molar-refractivity contribution in [3.63, 3.8) is 0 Å². The number of nitrogens with zero attached hydrogens (tertiary/aromatic N) is 3. The van der Waals surface area contributed by atoms with Gasteiger partial charge in [-0.15, -0.1) is 0 Å². The van der Waals surface area contributed by atoms with Gasteiger partial charge in [-0.05, 0) is 62.6 Å². The summed E-state index contributed by atoms with van der Waals surface area (Å²) in [6.45, 7) is 4.10. The molecule has 2 aromatic heterocycles. The van der Waals surface area contributed by atoms with Crippen LogP contribution in [0.2, 0.25) is 10.0 Å². The van der Waals surface area contributed by atoms with Crippen molar-refractivity contribution in [2.24, 2.45) is 5.41 Å². The smallest absolute Gasteiger partial charge is 0.255 e. The summed E-state index contributed by atoms with van der Waals surface area (Å²) < 4.78 is 17.2. The minimum atomic E-state index is -0.0835. The third-order valence-electron chi connectivity index (χ3n) is 7.36. The largest absolute Gasteiger partial charge is 0.485 e. The number of likely N-dealkylation sites (tertiary alicyclic amines) is 1. The molecule has 2 N–H and O–H groups in total. The molecule has 0 radical (unpaired) electrons. The van der Waals surface area contributed by atoms with Crippen LogP contribution in [0.15, 0.2) is 41.1 Å². The predicted octanol–water partition coefficient (Wildman–Crippen LogP) is 5.49. The number of ether oxygens (including phenoxy) is 2. The molecule has 1 aromatic carbocycles. The van der Waals surface area contributed by atoms with E-state index >= 15 is 0 Å². The maximum Gasteiger partial charge on any atom is 0.255 e. The lowest BCUT2D eigenvalue weighted by Gasteiger charge is -2.38. The van der Waals surface area contributed by atoms with Gasteiger partial charge in [0.05, 0.1) is 24.0 Å². The number of nitrogens with two attached hydrogens (primary N) is 1. The first-order chi connectivity index (χ1) is 17.8. The van der Waals surface area contributed by atoms with E-state index in [0.29, 0.717) is 40.0 Å². The van der Waals surface area contributed by atoms with Gasteiger partial charge >= 0.3 is 0 Å². The SMILES string of the molecule is Cc1cc(CCC2CC3(CCN(C(=O)c4cnc(N)c(OCc5c(Cl)cccc5Cl)c4)CC3)CO2)no1. The molecule has 0 bridgehead atoms. The first kappa shape index (κ1) is 25.8. The van der Waals surface area contributed by atoms with Gasteiger partial charge in [-0.1, -0.05) is 34.4 Å². The highest BCUT2D eigenvalue weighted by Gasteiger charge is 2.43. The predicted molar refractivity (Wildman–Crippen MR) is 141 cm³/mol. The van der Waals surface area contributed by atoms with Crippen LogP contribution in [0.25, 0.3) is 0 Å². The average Bonchev–Trinajstić information content (AvgIpc) is 3.49. The average molecular weight is 545 g/mol. The summed E-state index contributed by atoms with van der Waals surface area (Å²) in [7, 11) is 0. The van der Waals surface area contributed by atoms with E-state index < -0.39 is 0 Å². The van der Waals surface area contributed by atoms with Gasteiger partial charge in [0.2, 0.25) is 0 Å². The Labute approximate surface area is 226 Å². The molecule has 1 amide bonds. The number of nitrogen functional groups attached to an aromatic ring is 1. The van der Waals surface area contributed by atoms with Crippen molar-refractivity contribution < 1.29 is 18.8 Å². The van der Waals surface area contributed by atoms with Gasteiger partial charge in [0, 0.05) is 41.0 Å². The number of amides is 1. The van der Waals surface area contributed by atoms with Crippen LogP contribution in [0.5, 0.6) is 5.75 Å². The number of halogens is 2. The molecule has 0 aliphatic carbocycles. The van der Waals surface area contributed by atoms with Crippen molar-refractivity contribution in [3.05, 3.63) is 69.2 Å². The summed E-state index contributed by atoms with van der Waals surface area (Å²) in [4.78, 5) is 19.3. The molecular formula is C27H30Cl2N4O4. The molecule has 10 heteroatoms. The Morgan fingerprint density at radius 3 is 2.70 bits per heavy atom. The van der Waals surface area contributed by atoms with E-state index in [9.17, 15) is 4.79 Å². The van der Waals surface area contributed by atoms with E-state index in [2.05, 4.69) is 10.1 Å². The van der Waals surface area contributed by atoms with Crippen molar-refractivity contribution in [2.45, 2.75) is 51.7 Å². The quantitative estimate of drug-likeness (QED) is 0.419. The highest BCUT2D eigenvalue weighted by atomic mass is 35.5. The molecule has 2 aliphatic heterocycles. The number of pyridine rings is 1. The van der Waals surface area contributed by atoms with Gasteiger partial charge in [-0.25, -0.2) is 4.98 Å². The summed E-state index contributed by atoms with van der Waals surface area (Å²) in [6, 6.07) is 8.87. The van der Waals surface area contributed by atoms with Gasteiger partial charge in [-0.2, -0.15) is 0 Å². The van der Waals surface area contributed by atoms with Crippen LogP contribution in [0, 0.1) is 12.3 Å². The molecular weight excluding hydrogens is 515 g/mol. The van der Waals surface area contributed by atoms with Gasteiger partial charge in [0.25, 0.3) is 5.91 Å². The number of piperidine rings is 1. The minimum Gasteiger partial charge on any atom is -0.485 e. The molecule has 2 fully saturated rings. The first-order valence-electron chi connectivity index (χ1n) is 12.5. The Kier molecular flexibility index (Phi) is 7.60. The second-order valence-corrected chi connectivity index (χ2v) is 10.8. The number of carbonyl (C=O) groups excluding carboxylic acids is 1. The van der Waals surface area contributed by atoms with E-state index in [0.717, 1.165) is 50.2 Å². The minimum absolute atomic E-state index is 0.0835. The molecule has 1 spiro atoms. The number of benzene rings is 1. The molecule has 2 saturated heterocycles. The summed E-state index contributed by atoms with van der Waals surface area (Å²) in [5, 5.41) is 5.08. The zero-order valence-corrected chi connectivity index (χ0v) is 22.2. The Hall–Kier alpha value is -2.81. The van der Waals surface area contributed by atoms with Gasteiger partial charge < -0.3 is 24.6 Å². The van der Waals surface area contributed by atoms with Gasteiger partial charge in [-0.3, -0.25) is 4.79 Å². The lowest BCUT2D eigenvalue weighted by atomic mass is 9.76. The second-order valence-electron chi connectivity index (χ2n) is 9.99. The summed E-state index contributed by atoms with van der Waals surface area (Å²) >= 11 is 12.5. The molecule has 2 aliphatic rings. The monoisotopic (exact) mass is 544 g/mol. The van der Waals surface area contributed by atoms with Crippen molar-refractivity contribution in [3.8, 4) is 5.75 Å². The Morgan fingerprint density at radius 2 is 2.00 bits per heavy atom. The third kappa shape index (κ3) is 5.87. The first-order valence-corrected chi connectivity index (χ1v) is 13.2. The number of rotatable bonds is 7. The van der Waals surface area contributed by atoms with Gasteiger partial charge in [0.1, 0.15) is 12.4 Å². The lowest BCUT2D eigenvalue weighted by Crippen LogP contribution is -2.43. The zero-order chi connectivity index (χ0) is 26.0. The molecule has 196 valence electrons. The van der Waals surface area contributed by atoms with Crippen molar-refractivity contribution in [2.75, 3.05) is 25.4 Å². The molecule has 8 nitrogen and oxygen atoms in total. The maximum absolute atomic E-state index is 13.3. The Balaban J connectivity index is 1.16. The summed E-state index contributed by atoms with van der Waals surface area (Å²) in [6.07, 6.45) is 6.32. The molecule has 37 heavy (non-hydrogen) atoms. The topological polar surface area (TPSA) is 104 Å². The van der Waals surface area contributed by atoms with Crippen molar-refractivity contribution in [1.82, 2.24) is 15.0 Å². The molecule has 0 saturated carbocycles. The molecule has 3 aromatic rings. The highest BCUT2D eigenvalue weighted by Crippen LogP contribution is 2.43. The standard InChI is InChI=1S/C27H30Cl2N4O4/c1-17-11-19(32-37-17)5-6-20-13-27(16-36-20)7-9-33(10-8-27)26(34)18-12-24(25(30)31-14-18)35-15-21-22(28)3-2-4-23(21)29/h2-4,11-12,14,20H,5-10,13,15-16H2,1H3,(H2,30,31). The molecule has 4 heterocycles. The number of anilines is 1. The Morgan fingerprint density at radius 1 is 1.24 bits per heavy atom. The van der Waals surface area contributed by atoms with Gasteiger partial charge in [0.15, 0.2) is 11.6 Å². The summed E-state index contributed by atoms with van der Waals surface area (Å²) in [5.41, 5.74) is 8.20. The number of aryl methyl sites for hydroxylation is 2. The summed E-state index contributed by atoms with van der Waals surface area (Å²) in [5.74, 6) is 1.27. The fraction of sp³-hybridized carbons (Fsp3) is 0.444. The number of hydrogen-bond donors (Lipinski definition) is 1. The third-order valence-corrected chi connectivity index (χ3v) is 8.07. The van der Waals surface area contributed by atoms with Crippen LogP contribution >= 0.6 is 23.2 Å². The zero-order valence-electron chi connectivity index (χ0n) is 20.7. The van der Waals surface area contributed by atoms with E-state index in [4.69, 9.17) is 42.9 Å². The van der Waals surface area contributed by atoms with E-state index in [1.807, 2.05) is 17.9 Å². The van der Waals surface area contributed by atoms with Crippen LogP contribution in [-0.2, 0) is 17.8 Å². The normalized spacial score (nSPS) is 18.9. The molecule has 1 atom stereocenters.